The number of carbonyl (C=O) groups excluding carboxylic acids is 1. The van der Waals surface area contributed by atoms with E-state index in [1.54, 1.807) is 17.0 Å². The molecule has 1 aliphatic rings. The number of aliphatic carboxylic acids is 1. The van der Waals surface area contributed by atoms with E-state index in [9.17, 15) is 14.7 Å². The molecule has 1 atom stereocenters. The largest absolute Gasteiger partial charge is 0.481 e. The van der Waals surface area contributed by atoms with Crippen LogP contribution in [-0.2, 0) is 16.1 Å². The maximum absolute atomic E-state index is 13.0. The number of hydrogen-bond acceptors (Lipinski definition) is 3. The van der Waals surface area contributed by atoms with Crippen molar-refractivity contribution >= 4 is 52.5 Å². The van der Waals surface area contributed by atoms with Crippen LogP contribution in [0.3, 0.4) is 0 Å². The van der Waals surface area contributed by atoms with Crippen molar-refractivity contribution in [1.82, 2.24) is 0 Å². The lowest BCUT2D eigenvalue weighted by Gasteiger charge is -2.34. The number of rotatable bonds is 5. The molecule has 0 saturated heterocycles. The predicted octanol–water partition coefficient (Wildman–Crippen LogP) is 5.60. The molecular formula is C20H19Cl2NO3S. The number of thioether (sulfide) groups is 1. The van der Waals surface area contributed by atoms with Crippen LogP contribution in [0.1, 0.15) is 37.3 Å². The third-order valence-electron chi connectivity index (χ3n) is 4.44. The van der Waals surface area contributed by atoms with E-state index >= 15 is 0 Å². The van der Waals surface area contributed by atoms with Crippen molar-refractivity contribution in [3.8, 4) is 0 Å². The first-order chi connectivity index (χ1) is 12.8. The van der Waals surface area contributed by atoms with E-state index in [0.717, 1.165) is 21.7 Å². The van der Waals surface area contributed by atoms with Gasteiger partial charge >= 0.3 is 5.97 Å². The van der Waals surface area contributed by atoms with Gasteiger partial charge in [-0.15, -0.1) is 11.8 Å². The molecule has 1 heterocycles. The summed E-state index contributed by atoms with van der Waals surface area (Å²) in [6.45, 7) is 4.49. The molecule has 7 heteroatoms. The fourth-order valence-corrected chi connectivity index (χ4v) is 4.49. The molecule has 0 radical (unpaired) electrons. The number of benzene rings is 2. The molecule has 1 unspecified atom stereocenters. The molecule has 2 aromatic rings. The lowest BCUT2D eigenvalue weighted by atomic mass is 10.0. The van der Waals surface area contributed by atoms with E-state index in [1.165, 1.54) is 11.8 Å². The van der Waals surface area contributed by atoms with Gasteiger partial charge in [-0.25, -0.2) is 0 Å². The van der Waals surface area contributed by atoms with Crippen LogP contribution >= 0.6 is 35.0 Å². The number of amides is 1. The molecule has 4 nitrogen and oxygen atoms in total. The van der Waals surface area contributed by atoms with Gasteiger partial charge in [0.1, 0.15) is 0 Å². The highest BCUT2D eigenvalue weighted by Gasteiger charge is 2.35. The third-order valence-corrected chi connectivity index (χ3v) is 6.43. The van der Waals surface area contributed by atoms with Crippen molar-refractivity contribution in [3.63, 3.8) is 0 Å². The van der Waals surface area contributed by atoms with Gasteiger partial charge in [0, 0.05) is 4.90 Å². The summed E-state index contributed by atoms with van der Waals surface area (Å²) in [5, 5.41) is 9.40. The monoisotopic (exact) mass is 423 g/mol. The van der Waals surface area contributed by atoms with Gasteiger partial charge in [-0.2, -0.15) is 0 Å². The molecule has 142 valence electrons. The highest BCUT2D eigenvalue weighted by atomic mass is 35.5. The van der Waals surface area contributed by atoms with Crippen molar-refractivity contribution in [1.29, 1.82) is 0 Å². The molecule has 2 aromatic carbocycles. The van der Waals surface area contributed by atoms with Gasteiger partial charge in [0.05, 0.1) is 33.9 Å². The lowest BCUT2D eigenvalue weighted by Crippen LogP contribution is -2.41. The van der Waals surface area contributed by atoms with Gasteiger partial charge in [-0.05, 0) is 41.3 Å². The van der Waals surface area contributed by atoms with Crippen LogP contribution in [0.25, 0.3) is 0 Å². The summed E-state index contributed by atoms with van der Waals surface area (Å²) in [5.74, 6) is -0.876. The van der Waals surface area contributed by atoms with Gasteiger partial charge in [0.25, 0.3) is 0 Å². The number of anilines is 1. The molecular weight excluding hydrogens is 405 g/mol. The first-order valence-corrected chi connectivity index (χ1v) is 10.2. The highest BCUT2D eigenvalue weighted by molar-refractivity contribution is 8.01. The number of carboxylic acid groups (broad SMARTS) is 1. The molecule has 0 saturated carbocycles. The van der Waals surface area contributed by atoms with Crippen molar-refractivity contribution in [2.45, 2.75) is 42.9 Å². The molecule has 0 aromatic heterocycles. The predicted molar refractivity (Wildman–Crippen MR) is 110 cm³/mol. The standard InChI is InChI=1S/C20H19Cl2NO3S/c1-11(2)13-4-6-17-16(8-13)23(20(26)18(27-17)9-19(24)25)10-12-3-5-14(21)15(22)7-12/h3-8,11,18H,9-10H2,1-2H3,(H,24,25). The zero-order valence-electron chi connectivity index (χ0n) is 14.9. The Balaban J connectivity index is 2.02. The average Bonchev–Trinajstić information content (AvgIpc) is 2.60. The average molecular weight is 424 g/mol. The zero-order chi connectivity index (χ0) is 19.7. The quantitative estimate of drug-likeness (QED) is 0.679. The van der Waals surface area contributed by atoms with E-state index in [2.05, 4.69) is 13.8 Å². The molecule has 27 heavy (non-hydrogen) atoms. The van der Waals surface area contributed by atoms with Crippen LogP contribution in [0.4, 0.5) is 5.69 Å². The minimum absolute atomic E-state index is 0.207. The number of nitrogens with zero attached hydrogens (tertiary/aromatic N) is 1. The minimum Gasteiger partial charge on any atom is -0.481 e. The van der Waals surface area contributed by atoms with E-state index in [1.807, 2.05) is 24.3 Å². The van der Waals surface area contributed by atoms with Crippen LogP contribution in [0.5, 0.6) is 0 Å². The van der Waals surface area contributed by atoms with Crippen LogP contribution in [0.2, 0.25) is 10.0 Å². The molecule has 1 aliphatic heterocycles. The van der Waals surface area contributed by atoms with Crippen molar-refractivity contribution in [3.05, 3.63) is 57.6 Å². The molecule has 1 amide bonds. The maximum Gasteiger partial charge on any atom is 0.305 e. The second kappa shape index (κ2) is 8.13. The smallest absolute Gasteiger partial charge is 0.305 e. The Labute approximate surface area is 172 Å². The molecule has 0 fully saturated rings. The van der Waals surface area contributed by atoms with Gasteiger partial charge in [0.2, 0.25) is 5.91 Å². The Morgan fingerprint density at radius 3 is 2.56 bits per heavy atom. The molecule has 1 N–H and O–H groups in total. The van der Waals surface area contributed by atoms with Gasteiger partial charge in [-0.1, -0.05) is 49.2 Å². The summed E-state index contributed by atoms with van der Waals surface area (Å²) >= 11 is 13.4. The minimum atomic E-state index is -0.988. The summed E-state index contributed by atoms with van der Waals surface area (Å²) in [7, 11) is 0. The second-order valence-electron chi connectivity index (χ2n) is 6.76. The van der Waals surface area contributed by atoms with Crippen molar-refractivity contribution in [2.24, 2.45) is 0 Å². The summed E-state index contributed by atoms with van der Waals surface area (Å²) in [5.41, 5.74) is 2.77. The Morgan fingerprint density at radius 1 is 1.19 bits per heavy atom. The van der Waals surface area contributed by atoms with Crippen LogP contribution in [0, 0.1) is 0 Å². The molecule has 0 bridgehead atoms. The van der Waals surface area contributed by atoms with Gasteiger partial charge in [0.15, 0.2) is 0 Å². The van der Waals surface area contributed by atoms with Gasteiger partial charge < -0.3 is 10.0 Å². The Hall–Kier alpha value is -1.69. The summed E-state index contributed by atoms with van der Waals surface area (Å²) in [6, 6.07) is 11.3. The summed E-state index contributed by atoms with van der Waals surface area (Å²) in [4.78, 5) is 26.8. The first kappa shape index (κ1) is 20.1. The summed E-state index contributed by atoms with van der Waals surface area (Å²) in [6.07, 6.45) is -0.216. The maximum atomic E-state index is 13.0. The number of carboxylic acids is 1. The van der Waals surface area contributed by atoms with Crippen LogP contribution in [-0.4, -0.2) is 22.2 Å². The van der Waals surface area contributed by atoms with Crippen LogP contribution in [0.15, 0.2) is 41.3 Å². The normalized spacial score (nSPS) is 16.6. The molecule has 0 aliphatic carbocycles. The Kier molecular flexibility index (Phi) is 6.04. The highest BCUT2D eigenvalue weighted by Crippen LogP contribution is 2.42. The number of halogens is 2. The third kappa shape index (κ3) is 4.42. The Morgan fingerprint density at radius 2 is 1.93 bits per heavy atom. The van der Waals surface area contributed by atoms with Crippen LogP contribution < -0.4 is 4.90 Å². The fraction of sp³-hybridized carbons (Fsp3) is 0.300. The van der Waals surface area contributed by atoms with E-state index in [0.29, 0.717) is 22.5 Å². The van der Waals surface area contributed by atoms with Gasteiger partial charge in [-0.3, -0.25) is 9.59 Å². The van der Waals surface area contributed by atoms with E-state index < -0.39 is 11.2 Å². The first-order valence-electron chi connectivity index (χ1n) is 8.54. The zero-order valence-corrected chi connectivity index (χ0v) is 17.2. The summed E-state index contributed by atoms with van der Waals surface area (Å²) < 4.78 is 0. The van der Waals surface area contributed by atoms with E-state index in [-0.39, 0.29) is 12.3 Å². The number of fused-ring (bicyclic) bond motifs is 1. The molecule has 0 spiro atoms. The topological polar surface area (TPSA) is 57.6 Å². The fourth-order valence-electron chi connectivity index (χ4n) is 2.97. The SMILES string of the molecule is CC(C)c1ccc2c(c1)N(Cc1ccc(Cl)c(Cl)c1)C(=O)C(CC(=O)O)S2. The number of carbonyl (C=O) groups is 2. The second-order valence-corrected chi connectivity index (χ2v) is 8.82. The number of hydrogen-bond donors (Lipinski definition) is 1. The molecule has 3 rings (SSSR count). The van der Waals surface area contributed by atoms with Crippen molar-refractivity contribution in [2.75, 3.05) is 4.90 Å². The lowest BCUT2D eigenvalue weighted by molar-refractivity contribution is -0.138. The van der Waals surface area contributed by atoms with Crippen molar-refractivity contribution < 1.29 is 14.7 Å². The van der Waals surface area contributed by atoms with E-state index in [4.69, 9.17) is 23.2 Å². The Bertz CT molecular complexity index is 901.